The minimum Gasteiger partial charge on any atom is -0.323 e. The molecular weight excluding hydrogens is 559 g/mol. The van der Waals surface area contributed by atoms with E-state index in [1.54, 1.807) is 73.7 Å². The average molecular weight is 585 g/mol. The second kappa shape index (κ2) is 13.9. The number of anilines is 2. The Bertz CT molecular complexity index is 1640. The molecular formula is C31H25FN4O5S. The second-order valence-electron chi connectivity index (χ2n) is 8.90. The lowest BCUT2D eigenvalue weighted by atomic mass is 10.1. The van der Waals surface area contributed by atoms with E-state index in [4.69, 9.17) is 0 Å². The van der Waals surface area contributed by atoms with Crippen LogP contribution in [-0.4, -0.2) is 27.9 Å². The first-order valence-electron chi connectivity index (χ1n) is 12.7. The zero-order valence-corrected chi connectivity index (χ0v) is 23.1. The van der Waals surface area contributed by atoms with Crippen LogP contribution in [0.5, 0.6) is 0 Å². The molecule has 0 aliphatic carbocycles. The van der Waals surface area contributed by atoms with Crippen molar-refractivity contribution in [3.05, 3.63) is 136 Å². The van der Waals surface area contributed by atoms with E-state index in [2.05, 4.69) is 16.0 Å². The summed E-state index contributed by atoms with van der Waals surface area (Å²) in [4.78, 5) is 50.3. The molecule has 3 N–H and O–H groups in total. The van der Waals surface area contributed by atoms with Crippen LogP contribution >= 0.6 is 11.8 Å². The number of amides is 3. The Morgan fingerprint density at radius 1 is 0.857 bits per heavy atom. The lowest BCUT2D eigenvalue weighted by molar-refractivity contribution is -0.385. The molecule has 42 heavy (non-hydrogen) atoms. The number of nitro groups is 1. The monoisotopic (exact) mass is 584 g/mol. The highest BCUT2D eigenvalue weighted by atomic mass is 32.2. The normalized spacial score (nSPS) is 11.7. The fourth-order valence-corrected chi connectivity index (χ4v) is 4.61. The molecule has 0 aromatic heterocycles. The number of nitrogens with one attached hydrogen (secondary N) is 3. The molecule has 0 heterocycles. The van der Waals surface area contributed by atoms with Gasteiger partial charge in [0.2, 0.25) is 5.91 Å². The van der Waals surface area contributed by atoms with Gasteiger partial charge in [0.15, 0.2) is 0 Å². The summed E-state index contributed by atoms with van der Waals surface area (Å²) in [6, 6.07) is 26.6. The van der Waals surface area contributed by atoms with Gasteiger partial charge in [0.25, 0.3) is 17.5 Å². The van der Waals surface area contributed by atoms with Gasteiger partial charge in [-0.2, -0.15) is 0 Å². The highest BCUT2D eigenvalue weighted by molar-refractivity contribution is 8.00. The van der Waals surface area contributed by atoms with Gasteiger partial charge in [0.05, 0.1) is 21.4 Å². The second-order valence-corrected chi connectivity index (χ2v) is 10.3. The molecule has 0 radical (unpaired) electrons. The van der Waals surface area contributed by atoms with Gasteiger partial charge in [0.1, 0.15) is 11.5 Å². The Morgan fingerprint density at radius 2 is 1.50 bits per heavy atom. The van der Waals surface area contributed by atoms with Crippen molar-refractivity contribution in [3.63, 3.8) is 0 Å². The van der Waals surface area contributed by atoms with Crippen molar-refractivity contribution in [2.75, 3.05) is 10.6 Å². The number of benzene rings is 4. The van der Waals surface area contributed by atoms with Crippen LogP contribution in [0.15, 0.2) is 114 Å². The van der Waals surface area contributed by atoms with Gasteiger partial charge < -0.3 is 16.0 Å². The summed E-state index contributed by atoms with van der Waals surface area (Å²) in [5, 5.41) is 18.8. The molecule has 1 atom stereocenters. The van der Waals surface area contributed by atoms with Crippen LogP contribution in [0, 0.1) is 15.9 Å². The molecule has 0 saturated heterocycles. The zero-order chi connectivity index (χ0) is 30.1. The molecule has 0 aliphatic rings. The Hall–Kier alpha value is -5.29. The molecule has 0 saturated carbocycles. The number of nitro benzene ring substituents is 1. The Labute approximate surface area is 245 Å². The van der Waals surface area contributed by atoms with Gasteiger partial charge in [0, 0.05) is 22.2 Å². The van der Waals surface area contributed by atoms with Crippen molar-refractivity contribution in [1.82, 2.24) is 5.32 Å². The van der Waals surface area contributed by atoms with Crippen LogP contribution in [0.3, 0.4) is 0 Å². The minimum atomic E-state index is -0.699. The average Bonchev–Trinajstić information content (AvgIpc) is 2.99. The number of rotatable bonds is 10. The minimum absolute atomic E-state index is 0.0945. The van der Waals surface area contributed by atoms with Crippen molar-refractivity contribution in [2.45, 2.75) is 17.1 Å². The SMILES string of the molecule is CC(Sc1ccc(NC(=O)/C(=C/c2ccccc2[N+](=O)[O-])NC(=O)c2ccccc2)cc1)C(=O)Nc1ccccc1F. The molecule has 4 rings (SSSR count). The first-order valence-corrected chi connectivity index (χ1v) is 13.5. The van der Waals surface area contributed by atoms with E-state index in [0.717, 1.165) is 4.90 Å². The van der Waals surface area contributed by atoms with Crippen LogP contribution < -0.4 is 16.0 Å². The molecule has 11 heteroatoms. The Balaban J connectivity index is 1.48. The lowest BCUT2D eigenvalue weighted by Gasteiger charge is -2.14. The maximum atomic E-state index is 13.9. The van der Waals surface area contributed by atoms with Crippen LogP contribution in [0.25, 0.3) is 6.08 Å². The molecule has 0 fully saturated rings. The first kappa shape index (κ1) is 29.7. The van der Waals surface area contributed by atoms with Crippen LogP contribution in [-0.2, 0) is 9.59 Å². The summed E-state index contributed by atoms with van der Waals surface area (Å²) in [6.07, 6.45) is 1.24. The van der Waals surface area contributed by atoms with Gasteiger partial charge in [-0.15, -0.1) is 11.8 Å². The molecule has 4 aromatic carbocycles. The Morgan fingerprint density at radius 3 is 2.19 bits per heavy atom. The molecule has 0 spiro atoms. The summed E-state index contributed by atoms with van der Waals surface area (Å²) in [5.41, 5.74) is 0.484. The quantitative estimate of drug-likeness (QED) is 0.0873. The summed E-state index contributed by atoms with van der Waals surface area (Å²) in [6.45, 7) is 1.69. The molecule has 0 aliphatic heterocycles. The third-order valence-corrected chi connectivity index (χ3v) is 7.00. The van der Waals surface area contributed by atoms with Gasteiger partial charge in [-0.25, -0.2) is 4.39 Å². The Kier molecular flexibility index (Phi) is 9.80. The largest absolute Gasteiger partial charge is 0.323 e. The first-order chi connectivity index (χ1) is 20.2. The predicted octanol–water partition coefficient (Wildman–Crippen LogP) is 6.26. The fourth-order valence-electron chi connectivity index (χ4n) is 3.74. The summed E-state index contributed by atoms with van der Waals surface area (Å²) >= 11 is 1.24. The zero-order valence-electron chi connectivity index (χ0n) is 22.2. The number of nitrogens with zero attached hydrogens (tertiary/aromatic N) is 1. The van der Waals surface area contributed by atoms with E-state index in [1.807, 2.05) is 0 Å². The highest BCUT2D eigenvalue weighted by Gasteiger charge is 2.19. The van der Waals surface area contributed by atoms with Crippen molar-refractivity contribution in [2.24, 2.45) is 0 Å². The molecule has 9 nitrogen and oxygen atoms in total. The van der Waals surface area contributed by atoms with Crippen LogP contribution in [0.1, 0.15) is 22.8 Å². The third kappa shape index (κ3) is 7.89. The van der Waals surface area contributed by atoms with Crippen molar-refractivity contribution in [3.8, 4) is 0 Å². The molecule has 4 aromatic rings. The van der Waals surface area contributed by atoms with E-state index in [1.165, 1.54) is 54.2 Å². The van der Waals surface area contributed by atoms with Gasteiger partial charge in [-0.1, -0.05) is 42.5 Å². The highest BCUT2D eigenvalue weighted by Crippen LogP contribution is 2.27. The fraction of sp³-hybridized carbons (Fsp3) is 0.0645. The number of para-hydroxylation sites is 2. The van der Waals surface area contributed by atoms with E-state index in [0.29, 0.717) is 11.3 Å². The number of hydrogen-bond acceptors (Lipinski definition) is 6. The van der Waals surface area contributed by atoms with Gasteiger partial charge >= 0.3 is 0 Å². The third-order valence-electron chi connectivity index (χ3n) is 5.89. The predicted molar refractivity (Wildman–Crippen MR) is 160 cm³/mol. The van der Waals surface area contributed by atoms with Crippen LogP contribution in [0.4, 0.5) is 21.5 Å². The number of carbonyl (C=O) groups excluding carboxylic acids is 3. The van der Waals surface area contributed by atoms with Gasteiger partial charge in [-0.3, -0.25) is 24.5 Å². The summed E-state index contributed by atoms with van der Waals surface area (Å²) in [7, 11) is 0. The number of hydrogen-bond donors (Lipinski definition) is 3. The van der Waals surface area contributed by atoms with E-state index >= 15 is 0 Å². The smallest absolute Gasteiger partial charge is 0.276 e. The molecule has 212 valence electrons. The molecule has 0 bridgehead atoms. The van der Waals surface area contributed by atoms with Crippen molar-refractivity contribution in [1.29, 1.82) is 0 Å². The molecule has 1 unspecified atom stereocenters. The summed E-state index contributed by atoms with van der Waals surface area (Å²) < 4.78 is 13.9. The van der Waals surface area contributed by atoms with E-state index < -0.39 is 27.8 Å². The number of thioether (sulfide) groups is 1. The van der Waals surface area contributed by atoms with Crippen molar-refractivity contribution < 1.29 is 23.7 Å². The van der Waals surface area contributed by atoms with Crippen LogP contribution in [0.2, 0.25) is 0 Å². The van der Waals surface area contributed by atoms with Gasteiger partial charge in [-0.05, 0) is 67.6 Å². The van der Waals surface area contributed by atoms with E-state index in [9.17, 15) is 28.9 Å². The summed E-state index contributed by atoms with van der Waals surface area (Å²) in [5.74, 6) is -2.17. The standard InChI is InChI=1S/C31H25FN4O5S/c1-20(29(37)34-26-13-7-6-12-25(26)32)42-24-17-15-23(16-18-24)33-31(39)27(35-30(38)21-9-3-2-4-10-21)19-22-11-5-8-14-28(22)36(40)41/h2-20H,1H3,(H,33,39)(H,34,37)(H,35,38)/b27-19-. The van der Waals surface area contributed by atoms with E-state index in [-0.39, 0.29) is 28.5 Å². The van der Waals surface area contributed by atoms with Crippen molar-refractivity contribution >= 4 is 52.6 Å². The topological polar surface area (TPSA) is 130 Å². The maximum absolute atomic E-state index is 13.9. The number of carbonyl (C=O) groups is 3. The molecule has 3 amide bonds. The maximum Gasteiger partial charge on any atom is 0.276 e. The lowest BCUT2D eigenvalue weighted by Crippen LogP contribution is -2.30. The number of halogens is 1.